The van der Waals surface area contributed by atoms with Crippen molar-refractivity contribution in [3.8, 4) is 0 Å². The van der Waals surface area contributed by atoms with Gasteiger partial charge in [0.05, 0.1) is 6.61 Å². The number of hydrogen-bond acceptors (Lipinski definition) is 5. The lowest BCUT2D eigenvalue weighted by Gasteiger charge is -2.08. The van der Waals surface area contributed by atoms with Gasteiger partial charge in [-0.15, -0.1) is 0 Å². The number of esters is 1. The van der Waals surface area contributed by atoms with Gasteiger partial charge >= 0.3 is 19.5 Å². The smallest absolute Gasteiger partial charge is 0.389 e. The van der Waals surface area contributed by atoms with Gasteiger partial charge in [-0.1, -0.05) is 0 Å². The molecule has 0 aliphatic rings. The van der Waals surface area contributed by atoms with Crippen LogP contribution in [0.4, 0.5) is 0 Å². The Hall–Kier alpha value is -0.870. The highest BCUT2D eigenvalue weighted by atomic mass is 31.2. The van der Waals surface area contributed by atoms with Crippen LogP contribution in [0.5, 0.6) is 0 Å². The van der Waals surface area contributed by atoms with Crippen LogP contribution in [-0.2, 0) is 23.4 Å². The summed E-state index contributed by atoms with van der Waals surface area (Å²) in [5, 5.41) is 0. The molecule has 0 aromatic heterocycles. The van der Waals surface area contributed by atoms with Gasteiger partial charge in [0.25, 0.3) is 0 Å². The van der Waals surface area contributed by atoms with E-state index in [1.54, 1.807) is 6.92 Å². The van der Waals surface area contributed by atoms with Gasteiger partial charge < -0.3 is 14.2 Å². The molecule has 0 saturated heterocycles. The highest BCUT2D eigenvalue weighted by Gasteiger charge is 2.27. The van der Waals surface area contributed by atoms with Gasteiger partial charge in [0.15, 0.2) is 6.16 Å². The Bertz CT molecular complexity index is 248. The van der Waals surface area contributed by atoms with Gasteiger partial charge in [-0.3, -0.25) is 9.59 Å². The number of hydrogen-bond donors (Lipinski definition) is 1. The van der Waals surface area contributed by atoms with E-state index in [1.807, 2.05) is 0 Å². The van der Waals surface area contributed by atoms with Gasteiger partial charge in [0, 0.05) is 6.92 Å². The predicted octanol–water partition coefficient (Wildman–Crippen LogP) is 0.298. The van der Waals surface area contributed by atoms with E-state index in [0.29, 0.717) is 0 Å². The first-order chi connectivity index (χ1) is 5.87. The van der Waals surface area contributed by atoms with Crippen LogP contribution in [0.15, 0.2) is 0 Å². The maximum atomic E-state index is 10.9. The molecule has 0 aliphatic heterocycles. The third kappa shape index (κ3) is 6.31. The van der Waals surface area contributed by atoms with E-state index >= 15 is 0 Å². The summed E-state index contributed by atoms with van der Waals surface area (Å²) in [6, 6.07) is 0. The molecule has 7 heteroatoms. The van der Waals surface area contributed by atoms with Crippen LogP contribution in [0.1, 0.15) is 13.8 Å². The molecule has 76 valence electrons. The Kier molecular flexibility index (Phi) is 4.66. The minimum absolute atomic E-state index is 0.110. The second kappa shape index (κ2) is 4.99. The fraction of sp³-hybridized carbons (Fsp3) is 0.667. The molecule has 6 nitrogen and oxygen atoms in total. The van der Waals surface area contributed by atoms with Crippen LogP contribution in [0.3, 0.4) is 0 Å². The molecule has 1 N–H and O–H groups in total. The summed E-state index contributed by atoms with van der Waals surface area (Å²) in [5.41, 5.74) is 0. The van der Waals surface area contributed by atoms with Crippen molar-refractivity contribution in [1.82, 2.24) is 0 Å². The van der Waals surface area contributed by atoms with Gasteiger partial charge in [0.1, 0.15) is 0 Å². The van der Waals surface area contributed by atoms with Crippen molar-refractivity contribution in [1.29, 1.82) is 0 Å². The highest BCUT2D eigenvalue weighted by molar-refractivity contribution is 7.54. The fourth-order valence-electron chi connectivity index (χ4n) is 0.603. The molecule has 0 aromatic carbocycles. The van der Waals surface area contributed by atoms with Crippen molar-refractivity contribution in [2.45, 2.75) is 13.8 Å². The maximum Gasteiger partial charge on any atom is 0.389 e. The SMILES string of the molecule is CCOC(=O)CP(=O)(O)OC(C)=O. The van der Waals surface area contributed by atoms with Crippen LogP contribution in [0.25, 0.3) is 0 Å². The lowest BCUT2D eigenvalue weighted by atomic mass is 10.8. The van der Waals surface area contributed by atoms with E-state index < -0.39 is 25.7 Å². The molecular weight excluding hydrogens is 199 g/mol. The molecule has 0 saturated carbocycles. The summed E-state index contributed by atoms with van der Waals surface area (Å²) in [6.07, 6.45) is -0.805. The number of rotatable bonds is 4. The van der Waals surface area contributed by atoms with E-state index in [-0.39, 0.29) is 6.61 Å². The Morgan fingerprint density at radius 1 is 1.46 bits per heavy atom. The third-order valence-corrected chi connectivity index (χ3v) is 2.11. The summed E-state index contributed by atoms with van der Waals surface area (Å²) >= 11 is 0. The van der Waals surface area contributed by atoms with Crippen LogP contribution in [-0.4, -0.2) is 29.6 Å². The quantitative estimate of drug-likeness (QED) is 0.530. The molecule has 0 aromatic rings. The fourth-order valence-corrected chi connectivity index (χ4v) is 1.49. The second-order valence-electron chi connectivity index (χ2n) is 2.18. The molecule has 1 unspecified atom stereocenters. The summed E-state index contributed by atoms with van der Waals surface area (Å²) in [7, 11) is -4.16. The topological polar surface area (TPSA) is 89.9 Å². The van der Waals surface area contributed by atoms with Crippen LogP contribution >= 0.6 is 7.60 Å². The van der Waals surface area contributed by atoms with Gasteiger partial charge in [-0.25, -0.2) is 4.57 Å². The molecule has 1 atom stereocenters. The molecule has 0 heterocycles. The standard InChI is InChI=1S/C6H11O6P/c1-3-11-6(8)4-13(9,10)12-5(2)7/h3-4H2,1-2H3,(H,9,10). The number of carbonyl (C=O) groups excluding carboxylic acids is 2. The molecule has 0 bridgehead atoms. The minimum Gasteiger partial charge on any atom is -0.465 e. The first kappa shape index (κ1) is 12.1. The Morgan fingerprint density at radius 2 is 2.00 bits per heavy atom. The van der Waals surface area contributed by atoms with Crippen molar-refractivity contribution in [3.63, 3.8) is 0 Å². The Balaban J connectivity index is 4.09. The average molecular weight is 210 g/mol. The lowest BCUT2D eigenvalue weighted by molar-refractivity contribution is -0.140. The van der Waals surface area contributed by atoms with E-state index in [0.717, 1.165) is 6.92 Å². The Labute approximate surface area is 75.4 Å². The second-order valence-corrected chi connectivity index (χ2v) is 3.96. The predicted molar refractivity (Wildman–Crippen MR) is 43.1 cm³/mol. The molecule has 0 aliphatic carbocycles. The molecular formula is C6H11O6P. The first-order valence-electron chi connectivity index (χ1n) is 3.55. The monoisotopic (exact) mass is 210 g/mol. The summed E-state index contributed by atoms with van der Waals surface area (Å²) < 4.78 is 19.3. The normalized spacial score (nSPS) is 14.4. The molecule has 13 heavy (non-hydrogen) atoms. The molecule has 0 fully saturated rings. The summed E-state index contributed by atoms with van der Waals surface area (Å²) in [6.45, 7) is 2.65. The summed E-state index contributed by atoms with van der Waals surface area (Å²) in [5.74, 6) is -1.77. The van der Waals surface area contributed by atoms with Crippen molar-refractivity contribution in [3.05, 3.63) is 0 Å². The van der Waals surface area contributed by atoms with Gasteiger partial charge in [-0.05, 0) is 6.92 Å². The zero-order valence-corrected chi connectivity index (χ0v) is 8.24. The van der Waals surface area contributed by atoms with E-state index in [4.69, 9.17) is 4.89 Å². The molecule has 0 radical (unpaired) electrons. The number of carbonyl (C=O) groups is 2. The lowest BCUT2D eigenvalue weighted by Crippen LogP contribution is -2.12. The van der Waals surface area contributed by atoms with Crippen LogP contribution in [0.2, 0.25) is 0 Å². The van der Waals surface area contributed by atoms with Crippen molar-refractivity contribution >= 4 is 19.5 Å². The van der Waals surface area contributed by atoms with Gasteiger partial charge in [0.2, 0.25) is 0 Å². The zero-order chi connectivity index (χ0) is 10.5. The first-order valence-corrected chi connectivity index (χ1v) is 5.31. The van der Waals surface area contributed by atoms with E-state index in [1.165, 1.54) is 0 Å². The zero-order valence-electron chi connectivity index (χ0n) is 7.35. The maximum absolute atomic E-state index is 10.9. The van der Waals surface area contributed by atoms with Crippen molar-refractivity contribution in [2.75, 3.05) is 12.8 Å². The van der Waals surface area contributed by atoms with E-state index in [2.05, 4.69) is 9.26 Å². The molecule has 0 rings (SSSR count). The summed E-state index contributed by atoms with van der Waals surface area (Å²) in [4.78, 5) is 29.9. The van der Waals surface area contributed by atoms with Crippen molar-refractivity contribution < 1.29 is 28.3 Å². The van der Waals surface area contributed by atoms with Crippen LogP contribution in [0, 0.1) is 0 Å². The largest absolute Gasteiger partial charge is 0.465 e. The van der Waals surface area contributed by atoms with E-state index in [9.17, 15) is 14.2 Å². The average Bonchev–Trinajstić information content (AvgIpc) is 1.81. The highest BCUT2D eigenvalue weighted by Crippen LogP contribution is 2.41. The third-order valence-electron chi connectivity index (χ3n) is 0.905. The Morgan fingerprint density at radius 3 is 2.38 bits per heavy atom. The van der Waals surface area contributed by atoms with Gasteiger partial charge in [-0.2, -0.15) is 0 Å². The number of ether oxygens (including phenoxy) is 1. The molecule has 0 spiro atoms. The molecule has 0 amide bonds. The van der Waals surface area contributed by atoms with Crippen LogP contribution < -0.4 is 0 Å². The van der Waals surface area contributed by atoms with Crippen molar-refractivity contribution in [2.24, 2.45) is 0 Å². The minimum atomic E-state index is -4.16.